The van der Waals surface area contributed by atoms with E-state index in [9.17, 15) is 0 Å². The number of pyridine rings is 1. The Hall–Kier alpha value is -2.84. The standard InChI is InChI=1S/C27H24Cl2N4/c28-23-3-1-2-20(13-23)21-12-22(17-31-16-21)26-18-33(27-14-24(29)4-5-25(26)27)11-10-32-8-6-19(15-30)7-9-32/h1-5,12-14,16-19H,6-11H2. The predicted octanol–water partition coefficient (Wildman–Crippen LogP) is 6.91. The molecule has 0 amide bonds. The number of benzene rings is 2. The Morgan fingerprint density at radius 1 is 0.909 bits per heavy atom. The monoisotopic (exact) mass is 474 g/mol. The molecular formula is C27H24Cl2N4. The molecule has 3 heterocycles. The second-order valence-electron chi connectivity index (χ2n) is 8.62. The first-order valence-corrected chi connectivity index (χ1v) is 12.0. The lowest BCUT2D eigenvalue weighted by atomic mass is 9.99. The summed E-state index contributed by atoms with van der Waals surface area (Å²) in [6, 6.07) is 18.5. The summed E-state index contributed by atoms with van der Waals surface area (Å²) in [7, 11) is 0. The predicted molar refractivity (Wildman–Crippen MR) is 135 cm³/mol. The molecule has 1 saturated heterocycles. The smallest absolute Gasteiger partial charge is 0.0656 e. The normalized spacial score (nSPS) is 15.1. The molecule has 33 heavy (non-hydrogen) atoms. The first-order chi connectivity index (χ1) is 16.1. The van der Waals surface area contributed by atoms with Crippen molar-refractivity contribution in [2.24, 2.45) is 5.92 Å². The molecule has 0 aliphatic carbocycles. The number of rotatable bonds is 5. The molecule has 4 nitrogen and oxygen atoms in total. The van der Waals surface area contributed by atoms with Gasteiger partial charge in [-0.05, 0) is 61.8 Å². The third kappa shape index (κ3) is 4.77. The minimum atomic E-state index is 0.207. The van der Waals surface area contributed by atoms with Gasteiger partial charge in [0.15, 0.2) is 0 Å². The molecule has 0 radical (unpaired) electrons. The minimum Gasteiger partial charge on any atom is -0.346 e. The van der Waals surface area contributed by atoms with Crippen LogP contribution >= 0.6 is 23.2 Å². The first kappa shape index (κ1) is 22.0. The van der Waals surface area contributed by atoms with E-state index in [0.717, 1.165) is 77.2 Å². The van der Waals surface area contributed by atoms with Crippen LogP contribution in [0.1, 0.15) is 12.8 Å². The molecule has 2 aromatic carbocycles. The van der Waals surface area contributed by atoms with Gasteiger partial charge in [-0.25, -0.2) is 0 Å². The highest BCUT2D eigenvalue weighted by Crippen LogP contribution is 2.34. The fourth-order valence-electron chi connectivity index (χ4n) is 4.63. The zero-order chi connectivity index (χ0) is 22.8. The van der Waals surface area contributed by atoms with Crippen molar-refractivity contribution in [1.82, 2.24) is 14.5 Å². The lowest BCUT2D eigenvalue weighted by Gasteiger charge is -2.29. The van der Waals surface area contributed by atoms with Crippen LogP contribution in [-0.4, -0.2) is 34.1 Å². The van der Waals surface area contributed by atoms with E-state index >= 15 is 0 Å². The molecule has 2 aromatic heterocycles. The van der Waals surface area contributed by atoms with Crippen molar-refractivity contribution in [1.29, 1.82) is 5.26 Å². The van der Waals surface area contributed by atoms with E-state index in [4.69, 9.17) is 28.5 Å². The van der Waals surface area contributed by atoms with Gasteiger partial charge in [-0.1, -0.05) is 41.4 Å². The minimum absolute atomic E-state index is 0.207. The van der Waals surface area contributed by atoms with Crippen LogP contribution in [0.3, 0.4) is 0 Å². The van der Waals surface area contributed by atoms with Gasteiger partial charge in [-0.2, -0.15) is 5.26 Å². The molecule has 0 atom stereocenters. The van der Waals surface area contributed by atoms with Crippen molar-refractivity contribution < 1.29 is 0 Å². The molecule has 1 aliphatic heterocycles. The van der Waals surface area contributed by atoms with Crippen LogP contribution in [0.15, 0.2) is 67.1 Å². The van der Waals surface area contributed by atoms with Gasteiger partial charge in [0.1, 0.15) is 0 Å². The molecule has 0 bridgehead atoms. The molecular weight excluding hydrogens is 451 g/mol. The SMILES string of the molecule is N#CC1CCN(CCn2cc(-c3cncc(-c4cccc(Cl)c4)c3)c3ccc(Cl)cc32)CC1. The van der Waals surface area contributed by atoms with Crippen LogP contribution in [0.25, 0.3) is 33.2 Å². The fraction of sp³-hybridized carbons (Fsp3) is 0.259. The zero-order valence-electron chi connectivity index (χ0n) is 18.2. The number of piperidine rings is 1. The van der Waals surface area contributed by atoms with Gasteiger partial charge in [0.05, 0.1) is 11.6 Å². The molecule has 4 aromatic rings. The Labute approximate surface area is 204 Å². The molecule has 0 spiro atoms. The maximum absolute atomic E-state index is 9.15. The maximum Gasteiger partial charge on any atom is 0.0656 e. The van der Waals surface area contributed by atoms with Gasteiger partial charge in [0.2, 0.25) is 0 Å². The molecule has 166 valence electrons. The van der Waals surface area contributed by atoms with Crippen LogP contribution in [0.5, 0.6) is 0 Å². The van der Waals surface area contributed by atoms with E-state index in [-0.39, 0.29) is 5.92 Å². The highest BCUT2D eigenvalue weighted by atomic mass is 35.5. The Balaban J connectivity index is 1.46. The van der Waals surface area contributed by atoms with Crippen molar-refractivity contribution in [3.63, 3.8) is 0 Å². The van der Waals surface area contributed by atoms with Gasteiger partial charge >= 0.3 is 0 Å². The van der Waals surface area contributed by atoms with E-state index in [1.165, 1.54) is 0 Å². The summed E-state index contributed by atoms with van der Waals surface area (Å²) >= 11 is 12.6. The quantitative estimate of drug-likeness (QED) is 0.315. The lowest BCUT2D eigenvalue weighted by Crippen LogP contribution is -2.35. The second-order valence-corrected chi connectivity index (χ2v) is 9.49. The molecule has 0 unspecified atom stereocenters. The van der Waals surface area contributed by atoms with Crippen LogP contribution < -0.4 is 0 Å². The average Bonchev–Trinajstić information content (AvgIpc) is 3.21. The Kier molecular flexibility index (Phi) is 6.37. The van der Waals surface area contributed by atoms with Gasteiger partial charge in [0, 0.05) is 69.7 Å². The fourth-order valence-corrected chi connectivity index (χ4v) is 4.98. The summed E-state index contributed by atoms with van der Waals surface area (Å²) in [5, 5.41) is 11.8. The number of hydrogen-bond donors (Lipinski definition) is 0. The van der Waals surface area contributed by atoms with E-state index in [2.05, 4.69) is 38.8 Å². The number of likely N-dealkylation sites (tertiary alicyclic amines) is 1. The Bertz CT molecular complexity index is 1330. The van der Waals surface area contributed by atoms with E-state index in [0.29, 0.717) is 5.02 Å². The topological polar surface area (TPSA) is 44.9 Å². The van der Waals surface area contributed by atoms with Crippen molar-refractivity contribution in [2.45, 2.75) is 19.4 Å². The number of hydrogen-bond acceptors (Lipinski definition) is 3. The second kappa shape index (κ2) is 9.57. The third-order valence-electron chi connectivity index (χ3n) is 6.48. The Morgan fingerprint density at radius 2 is 1.70 bits per heavy atom. The molecule has 5 rings (SSSR count). The molecule has 0 saturated carbocycles. The summed E-state index contributed by atoms with van der Waals surface area (Å²) in [5.41, 5.74) is 5.40. The molecule has 6 heteroatoms. The number of nitrogens with zero attached hydrogens (tertiary/aromatic N) is 4. The number of fused-ring (bicyclic) bond motifs is 1. The highest BCUT2D eigenvalue weighted by molar-refractivity contribution is 6.31. The van der Waals surface area contributed by atoms with Crippen molar-refractivity contribution in [2.75, 3.05) is 19.6 Å². The van der Waals surface area contributed by atoms with Crippen LogP contribution in [0.2, 0.25) is 10.0 Å². The zero-order valence-corrected chi connectivity index (χ0v) is 19.7. The number of nitriles is 1. The van der Waals surface area contributed by atoms with E-state index in [1.807, 2.05) is 48.8 Å². The van der Waals surface area contributed by atoms with Crippen LogP contribution in [-0.2, 0) is 6.54 Å². The molecule has 1 fully saturated rings. The van der Waals surface area contributed by atoms with E-state index < -0.39 is 0 Å². The maximum atomic E-state index is 9.15. The van der Waals surface area contributed by atoms with Gasteiger partial charge in [-0.3, -0.25) is 4.98 Å². The summed E-state index contributed by atoms with van der Waals surface area (Å²) < 4.78 is 2.29. The van der Waals surface area contributed by atoms with Crippen LogP contribution in [0.4, 0.5) is 0 Å². The van der Waals surface area contributed by atoms with Crippen molar-refractivity contribution >= 4 is 34.1 Å². The number of aromatic nitrogens is 2. The summed E-state index contributed by atoms with van der Waals surface area (Å²) in [5.74, 6) is 0.207. The largest absolute Gasteiger partial charge is 0.346 e. The van der Waals surface area contributed by atoms with Crippen molar-refractivity contribution in [3.05, 3.63) is 77.2 Å². The third-order valence-corrected chi connectivity index (χ3v) is 6.95. The highest BCUT2D eigenvalue weighted by Gasteiger charge is 2.19. The van der Waals surface area contributed by atoms with Crippen LogP contribution in [0, 0.1) is 17.2 Å². The Morgan fingerprint density at radius 3 is 2.48 bits per heavy atom. The van der Waals surface area contributed by atoms with Gasteiger partial charge < -0.3 is 9.47 Å². The average molecular weight is 475 g/mol. The first-order valence-electron chi connectivity index (χ1n) is 11.2. The lowest BCUT2D eigenvalue weighted by molar-refractivity contribution is 0.200. The summed E-state index contributed by atoms with van der Waals surface area (Å²) in [6.07, 6.45) is 7.91. The summed E-state index contributed by atoms with van der Waals surface area (Å²) in [6.45, 7) is 3.79. The summed E-state index contributed by atoms with van der Waals surface area (Å²) in [4.78, 5) is 6.97. The van der Waals surface area contributed by atoms with Gasteiger partial charge in [0.25, 0.3) is 0 Å². The number of halogens is 2. The van der Waals surface area contributed by atoms with Gasteiger partial charge in [-0.15, -0.1) is 0 Å². The molecule has 1 aliphatic rings. The van der Waals surface area contributed by atoms with E-state index in [1.54, 1.807) is 0 Å². The van der Waals surface area contributed by atoms with Crippen molar-refractivity contribution in [3.8, 4) is 28.3 Å². The molecule has 0 N–H and O–H groups in total.